The van der Waals surface area contributed by atoms with Crippen LogP contribution < -0.4 is 0 Å². The number of carbonyl (C=O) groups is 1. The third-order valence-corrected chi connectivity index (χ3v) is 3.76. The van der Waals surface area contributed by atoms with Crippen molar-refractivity contribution in [1.29, 1.82) is 0 Å². The molecule has 0 aromatic rings. The Morgan fingerprint density at radius 2 is 2.38 bits per heavy atom. The predicted octanol–water partition coefficient (Wildman–Crippen LogP) is 0.485. The van der Waals surface area contributed by atoms with E-state index in [1.807, 2.05) is 6.92 Å². The molecule has 0 amide bonds. The third-order valence-electron chi connectivity index (χ3n) is 3.76. The molecule has 90 valence electrons. The number of fused-ring (bicyclic) bond motifs is 2. The molecule has 0 aliphatic heterocycles. The maximum atomic E-state index is 11.9. The van der Waals surface area contributed by atoms with Crippen LogP contribution in [0, 0.1) is 17.3 Å². The first-order chi connectivity index (χ1) is 7.56. The number of hydrogen-bond acceptors (Lipinski definition) is 4. The van der Waals surface area contributed by atoms with Gasteiger partial charge in [0.1, 0.15) is 12.7 Å². The summed E-state index contributed by atoms with van der Waals surface area (Å²) in [6.07, 6.45) is 5.16. The van der Waals surface area contributed by atoms with Gasteiger partial charge in [0, 0.05) is 0 Å². The molecule has 4 nitrogen and oxygen atoms in total. The topological polar surface area (TPSA) is 66.8 Å². The molecule has 4 heteroatoms. The first-order valence-electron chi connectivity index (χ1n) is 5.70. The molecule has 2 aliphatic carbocycles. The minimum atomic E-state index is -0.971. The fraction of sp³-hybridized carbons (Fsp3) is 0.750. The molecule has 0 saturated heterocycles. The molecule has 2 aliphatic rings. The number of ether oxygens (including phenoxy) is 1. The second-order valence-corrected chi connectivity index (χ2v) is 5.04. The van der Waals surface area contributed by atoms with Gasteiger partial charge >= 0.3 is 5.97 Å². The smallest absolute Gasteiger partial charge is 0.312 e. The molecule has 2 N–H and O–H groups in total. The highest BCUT2D eigenvalue weighted by Crippen LogP contribution is 2.52. The fourth-order valence-corrected chi connectivity index (χ4v) is 2.72. The Bertz CT molecular complexity index is 312. The van der Waals surface area contributed by atoms with E-state index in [4.69, 9.17) is 14.9 Å². The van der Waals surface area contributed by atoms with Gasteiger partial charge in [0.2, 0.25) is 0 Å². The summed E-state index contributed by atoms with van der Waals surface area (Å²) in [6, 6.07) is 0. The van der Waals surface area contributed by atoms with Crippen LogP contribution in [0.2, 0.25) is 0 Å². The zero-order chi connectivity index (χ0) is 11.8. The average molecular weight is 226 g/mol. The van der Waals surface area contributed by atoms with Crippen LogP contribution in [0.25, 0.3) is 0 Å². The van der Waals surface area contributed by atoms with Crippen LogP contribution >= 0.6 is 0 Å². The fourth-order valence-electron chi connectivity index (χ4n) is 2.72. The summed E-state index contributed by atoms with van der Waals surface area (Å²) in [5.74, 6) is 0.526. The summed E-state index contributed by atoms with van der Waals surface area (Å²) in [4.78, 5) is 11.9. The van der Waals surface area contributed by atoms with Crippen molar-refractivity contribution in [3.63, 3.8) is 0 Å². The lowest BCUT2D eigenvalue weighted by Crippen LogP contribution is -2.35. The van der Waals surface area contributed by atoms with Gasteiger partial charge in [-0.05, 0) is 31.6 Å². The van der Waals surface area contributed by atoms with E-state index >= 15 is 0 Å². The van der Waals surface area contributed by atoms with Gasteiger partial charge in [0.05, 0.1) is 12.0 Å². The second kappa shape index (κ2) is 4.18. The summed E-state index contributed by atoms with van der Waals surface area (Å²) < 4.78 is 5.05. The lowest BCUT2D eigenvalue weighted by molar-refractivity contribution is -0.160. The van der Waals surface area contributed by atoms with Gasteiger partial charge in [-0.15, -0.1) is 0 Å². The zero-order valence-corrected chi connectivity index (χ0v) is 9.43. The lowest BCUT2D eigenvalue weighted by atomic mass is 9.78. The van der Waals surface area contributed by atoms with Crippen LogP contribution in [0.3, 0.4) is 0 Å². The van der Waals surface area contributed by atoms with Crippen molar-refractivity contribution in [1.82, 2.24) is 0 Å². The van der Waals surface area contributed by atoms with Crippen LogP contribution in [0.4, 0.5) is 0 Å². The Balaban J connectivity index is 1.92. The van der Waals surface area contributed by atoms with Crippen molar-refractivity contribution in [3.8, 4) is 0 Å². The van der Waals surface area contributed by atoms with Gasteiger partial charge in [0.25, 0.3) is 0 Å². The molecule has 1 fully saturated rings. The number of carbonyl (C=O) groups excluding carboxylic acids is 1. The summed E-state index contributed by atoms with van der Waals surface area (Å²) in [5, 5.41) is 17.8. The average Bonchev–Trinajstić information content (AvgIpc) is 2.85. The molecular formula is C12H18O4. The molecule has 2 rings (SSSR count). The number of hydrogen-bond donors (Lipinski definition) is 2. The van der Waals surface area contributed by atoms with E-state index in [1.54, 1.807) is 0 Å². The Morgan fingerprint density at radius 3 is 2.88 bits per heavy atom. The van der Waals surface area contributed by atoms with Gasteiger partial charge in [0.15, 0.2) is 0 Å². The number of aliphatic hydroxyl groups is 2. The van der Waals surface area contributed by atoms with Crippen LogP contribution in [0.1, 0.15) is 19.8 Å². The van der Waals surface area contributed by atoms with E-state index in [0.29, 0.717) is 5.92 Å². The van der Waals surface area contributed by atoms with Gasteiger partial charge in [-0.3, -0.25) is 4.79 Å². The maximum Gasteiger partial charge on any atom is 0.312 e. The van der Waals surface area contributed by atoms with E-state index in [2.05, 4.69) is 12.2 Å². The Hall–Kier alpha value is -0.870. The Labute approximate surface area is 94.9 Å². The van der Waals surface area contributed by atoms with E-state index in [9.17, 15) is 4.79 Å². The maximum absolute atomic E-state index is 11.9. The van der Waals surface area contributed by atoms with Crippen LogP contribution in [-0.4, -0.2) is 35.5 Å². The first kappa shape index (κ1) is 11.6. The van der Waals surface area contributed by atoms with Gasteiger partial charge in [-0.2, -0.15) is 0 Å². The largest absolute Gasteiger partial charge is 0.462 e. The highest BCUT2D eigenvalue weighted by atomic mass is 16.5. The molecule has 0 aromatic carbocycles. The summed E-state index contributed by atoms with van der Waals surface area (Å²) in [5.41, 5.74) is -0.436. The second-order valence-electron chi connectivity index (χ2n) is 5.04. The number of aliphatic hydroxyl groups excluding tert-OH is 2. The molecular weight excluding hydrogens is 208 g/mol. The molecule has 0 aromatic heterocycles. The molecule has 0 spiro atoms. The lowest BCUT2D eigenvalue weighted by Gasteiger charge is -2.29. The molecule has 1 saturated carbocycles. The van der Waals surface area contributed by atoms with Crippen molar-refractivity contribution in [2.45, 2.75) is 25.9 Å². The molecule has 16 heavy (non-hydrogen) atoms. The predicted molar refractivity (Wildman–Crippen MR) is 57.5 cm³/mol. The van der Waals surface area contributed by atoms with Crippen molar-refractivity contribution in [2.75, 3.05) is 13.2 Å². The van der Waals surface area contributed by atoms with E-state index in [1.165, 1.54) is 0 Å². The van der Waals surface area contributed by atoms with Crippen molar-refractivity contribution >= 4 is 5.97 Å². The highest BCUT2D eigenvalue weighted by molar-refractivity contribution is 5.78. The van der Waals surface area contributed by atoms with E-state index < -0.39 is 11.5 Å². The van der Waals surface area contributed by atoms with Crippen LogP contribution in [0.5, 0.6) is 0 Å². The summed E-state index contributed by atoms with van der Waals surface area (Å²) in [7, 11) is 0. The Kier molecular flexibility index (Phi) is 3.04. The molecule has 4 atom stereocenters. The quantitative estimate of drug-likeness (QED) is 0.540. The normalized spacial score (nSPS) is 37.7. The highest BCUT2D eigenvalue weighted by Gasteiger charge is 2.51. The number of allylic oxidation sites excluding steroid dienone is 2. The Morgan fingerprint density at radius 1 is 1.62 bits per heavy atom. The number of esters is 1. The minimum Gasteiger partial charge on any atom is -0.462 e. The van der Waals surface area contributed by atoms with Crippen molar-refractivity contribution in [3.05, 3.63) is 12.2 Å². The van der Waals surface area contributed by atoms with Gasteiger partial charge in [-0.25, -0.2) is 0 Å². The molecule has 0 heterocycles. The number of rotatable bonds is 4. The van der Waals surface area contributed by atoms with Crippen molar-refractivity contribution in [2.24, 2.45) is 17.3 Å². The van der Waals surface area contributed by atoms with E-state index in [0.717, 1.165) is 12.8 Å². The van der Waals surface area contributed by atoms with Crippen LogP contribution in [0.15, 0.2) is 12.2 Å². The van der Waals surface area contributed by atoms with Gasteiger partial charge in [-0.1, -0.05) is 12.2 Å². The molecule has 0 radical (unpaired) electrons. The van der Waals surface area contributed by atoms with Crippen molar-refractivity contribution < 1.29 is 19.7 Å². The standard InChI is InChI=1S/C12H18O4/c1-12(5-8-2-3-9(12)4-8)11(15)16-7-10(14)6-13/h2-3,8-10,13-14H,4-7H2,1H3. The van der Waals surface area contributed by atoms with E-state index in [-0.39, 0.29) is 25.1 Å². The summed E-state index contributed by atoms with van der Waals surface area (Å²) in [6.45, 7) is 1.43. The summed E-state index contributed by atoms with van der Waals surface area (Å²) >= 11 is 0. The SMILES string of the molecule is CC1(C(=O)OCC(O)CO)CC2C=CC1C2. The minimum absolute atomic E-state index is 0.119. The monoisotopic (exact) mass is 226 g/mol. The van der Waals surface area contributed by atoms with Gasteiger partial charge < -0.3 is 14.9 Å². The third kappa shape index (κ3) is 1.87. The molecule has 2 bridgehead atoms. The first-order valence-corrected chi connectivity index (χ1v) is 5.70. The van der Waals surface area contributed by atoms with Crippen LogP contribution in [-0.2, 0) is 9.53 Å². The zero-order valence-electron chi connectivity index (χ0n) is 9.43. The molecule has 4 unspecified atom stereocenters.